The average molecular weight is 344 g/mol. The van der Waals surface area contributed by atoms with Crippen LogP contribution in [0.1, 0.15) is 46.5 Å². The minimum Gasteiger partial charge on any atom is -0.508 e. The van der Waals surface area contributed by atoms with Gasteiger partial charge in [-0.3, -0.25) is 9.20 Å². The number of benzene rings is 1. The molecule has 2 heterocycles. The van der Waals surface area contributed by atoms with E-state index >= 15 is 0 Å². The first-order chi connectivity index (χ1) is 11.5. The maximum Gasteiger partial charge on any atom is 0.263 e. The lowest BCUT2D eigenvalue weighted by molar-refractivity contribution is 0.0957. The Labute approximate surface area is 144 Å². The highest BCUT2D eigenvalue weighted by Gasteiger charge is 2.20. The third-order valence-electron chi connectivity index (χ3n) is 3.87. The van der Waals surface area contributed by atoms with Crippen LogP contribution in [0.2, 0.25) is 0 Å². The van der Waals surface area contributed by atoms with Gasteiger partial charge in [-0.25, -0.2) is 0 Å². The number of carbonyl (C=O) groups is 1. The number of carbonyl (C=O) groups excluding carboxylic acids is 1. The smallest absolute Gasteiger partial charge is 0.263 e. The third kappa shape index (κ3) is 3.12. The number of phenols is 1. The molecule has 0 aliphatic heterocycles. The monoisotopic (exact) mass is 344 g/mol. The topological polar surface area (TPSA) is 79.5 Å². The van der Waals surface area contributed by atoms with Crippen LogP contribution >= 0.6 is 11.3 Å². The molecule has 1 amide bonds. The van der Waals surface area contributed by atoms with Crippen molar-refractivity contribution in [1.82, 2.24) is 19.9 Å². The maximum absolute atomic E-state index is 12.5. The summed E-state index contributed by atoms with van der Waals surface area (Å²) in [5.41, 5.74) is 1.95. The van der Waals surface area contributed by atoms with E-state index in [-0.39, 0.29) is 17.6 Å². The number of hydrogen-bond acceptors (Lipinski definition) is 5. The van der Waals surface area contributed by atoms with E-state index in [0.29, 0.717) is 17.8 Å². The molecule has 0 radical (unpaired) electrons. The summed E-state index contributed by atoms with van der Waals surface area (Å²) in [6.45, 7) is 6.59. The fourth-order valence-corrected chi connectivity index (χ4v) is 3.57. The van der Waals surface area contributed by atoms with Gasteiger partial charge in [0, 0.05) is 18.2 Å². The minimum absolute atomic E-state index is 0.0866. The van der Waals surface area contributed by atoms with E-state index in [4.69, 9.17) is 0 Å². The number of rotatable bonds is 5. The lowest BCUT2D eigenvalue weighted by atomic mass is 10.1. The highest BCUT2D eigenvalue weighted by Crippen LogP contribution is 2.25. The first kappa shape index (κ1) is 16.4. The zero-order chi connectivity index (χ0) is 17.3. The summed E-state index contributed by atoms with van der Waals surface area (Å²) in [5, 5.41) is 20.6. The van der Waals surface area contributed by atoms with Crippen molar-refractivity contribution in [3.05, 3.63) is 46.2 Å². The second kappa shape index (κ2) is 6.60. The first-order valence-electron chi connectivity index (χ1n) is 7.88. The van der Waals surface area contributed by atoms with Crippen LogP contribution in [-0.4, -0.2) is 32.2 Å². The van der Waals surface area contributed by atoms with Crippen LogP contribution < -0.4 is 5.32 Å². The van der Waals surface area contributed by atoms with Crippen LogP contribution in [0.15, 0.2) is 24.3 Å². The van der Waals surface area contributed by atoms with Gasteiger partial charge in [-0.1, -0.05) is 37.3 Å². The molecule has 0 atom stereocenters. The zero-order valence-corrected chi connectivity index (χ0v) is 14.7. The van der Waals surface area contributed by atoms with Crippen molar-refractivity contribution in [1.29, 1.82) is 0 Å². The van der Waals surface area contributed by atoms with Crippen LogP contribution in [0.4, 0.5) is 0 Å². The van der Waals surface area contributed by atoms with Crippen molar-refractivity contribution in [3.63, 3.8) is 0 Å². The zero-order valence-electron chi connectivity index (χ0n) is 13.9. The number of nitrogens with one attached hydrogen (secondary N) is 1. The second-order valence-corrected chi connectivity index (χ2v) is 7.00. The van der Waals surface area contributed by atoms with E-state index in [0.717, 1.165) is 22.0 Å². The molecule has 0 fully saturated rings. The summed E-state index contributed by atoms with van der Waals surface area (Å²) in [7, 11) is 0. The molecule has 0 saturated carbocycles. The molecule has 6 nitrogen and oxygen atoms in total. The molecule has 3 aromatic rings. The maximum atomic E-state index is 12.5. The Kier molecular flexibility index (Phi) is 4.53. The second-order valence-electron chi connectivity index (χ2n) is 6.02. The van der Waals surface area contributed by atoms with E-state index in [1.165, 1.54) is 11.3 Å². The molecule has 0 spiro atoms. The molecule has 126 valence electrons. The van der Waals surface area contributed by atoms with Gasteiger partial charge in [0.1, 0.15) is 16.5 Å². The molecular formula is C17H20N4O2S. The van der Waals surface area contributed by atoms with Crippen LogP contribution in [0, 0.1) is 6.92 Å². The summed E-state index contributed by atoms with van der Waals surface area (Å²) < 4.78 is 1.96. The van der Waals surface area contributed by atoms with Gasteiger partial charge in [-0.2, -0.15) is 0 Å². The highest BCUT2D eigenvalue weighted by atomic mass is 32.1. The quantitative estimate of drug-likeness (QED) is 0.746. The normalized spacial score (nSPS) is 11.3. The van der Waals surface area contributed by atoms with Crippen molar-refractivity contribution in [2.45, 2.75) is 33.1 Å². The van der Waals surface area contributed by atoms with Crippen molar-refractivity contribution < 1.29 is 9.90 Å². The van der Waals surface area contributed by atoms with Crippen LogP contribution in [0.5, 0.6) is 5.75 Å². The number of aromatic hydroxyl groups is 1. The SMILES string of the molecule is Cc1c(C(=O)NCCc2ccc(O)cc2)sc2nnc(C(C)C)n12. The molecule has 0 aliphatic rings. The molecule has 2 N–H and O–H groups in total. The van der Waals surface area contributed by atoms with Gasteiger partial charge >= 0.3 is 0 Å². The number of phenolic OH excluding ortho intramolecular Hbond substituents is 1. The van der Waals surface area contributed by atoms with Gasteiger partial charge in [0.25, 0.3) is 5.91 Å². The number of aromatic nitrogens is 3. The number of aryl methyl sites for hydroxylation is 1. The van der Waals surface area contributed by atoms with Gasteiger partial charge in [-0.05, 0) is 31.0 Å². The molecule has 2 aromatic heterocycles. The molecule has 24 heavy (non-hydrogen) atoms. The summed E-state index contributed by atoms with van der Waals surface area (Å²) >= 11 is 1.36. The number of nitrogens with zero attached hydrogens (tertiary/aromatic N) is 3. The summed E-state index contributed by atoms with van der Waals surface area (Å²) in [5.74, 6) is 1.28. The Hall–Kier alpha value is -2.41. The van der Waals surface area contributed by atoms with Crippen LogP contribution in [0.3, 0.4) is 0 Å². The Balaban J connectivity index is 1.70. The summed E-state index contributed by atoms with van der Waals surface area (Å²) in [6, 6.07) is 7.01. The first-order valence-corrected chi connectivity index (χ1v) is 8.69. The Bertz CT molecular complexity index is 865. The Morgan fingerprint density at radius 1 is 1.29 bits per heavy atom. The third-order valence-corrected chi connectivity index (χ3v) is 5.01. The van der Waals surface area contributed by atoms with Crippen molar-refractivity contribution in [2.24, 2.45) is 0 Å². The molecule has 1 aromatic carbocycles. The molecule has 0 aliphatic carbocycles. The van der Waals surface area contributed by atoms with Crippen molar-refractivity contribution in [2.75, 3.05) is 6.54 Å². The summed E-state index contributed by atoms with van der Waals surface area (Å²) in [4.78, 5) is 13.9. The molecule has 3 rings (SSSR count). The van der Waals surface area contributed by atoms with E-state index in [9.17, 15) is 9.90 Å². The van der Waals surface area contributed by atoms with Crippen molar-refractivity contribution in [3.8, 4) is 5.75 Å². The number of thiazole rings is 1. The molecular weight excluding hydrogens is 324 g/mol. The average Bonchev–Trinajstić information content (AvgIpc) is 3.10. The summed E-state index contributed by atoms with van der Waals surface area (Å²) in [6.07, 6.45) is 0.715. The van der Waals surface area contributed by atoms with Crippen LogP contribution in [-0.2, 0) is 6.42 Å². The molecule has 7 heteroatoms. The van der Waals surface area contributed by atoms with Gasteiger partial charge in [-0.15, -0.1) is 10.2 Å². The van der Waals surface area contributed by atoms with E-state index in [1.54, 1.807) is 12.1 Å². The highest BCUT2D eigenvalue weighted by molar-refractivity contribution is 7.19. The lowest BCUT2D eigenvalue weighted by Gasteiger charge is -2.06. The fourth-order valence-electron chi connectivity index (χ4n) is 2.58. The molecule has 0 saturated heterocycles. The van der Waals surface area contributed by atoms with Gasteiger partial charge < -0.3 is 10.4 Å². The van der Waals surface area contributed by atoms with Crippen molar-refractivity contribution >= 4 is 22.2 Å². The number of fused-ring (bicyclic) bond motifs is 1. The predicted octanol–water partition coefficient (Wildman–Crippen LogP) is 2.90. The number of hydrogen-bond donors (Lipinski definition) is 2. The minimum atomic E-state index is -0.0866. The molecule has 0 bridgehead atoms. The van der Waals surface area contributed by atoms with Gasteiger partial charge in [0.2, 0.25) is 4.96 Å². The van der Waals surface area contributed by atoms with E-state index in [1.807, 2.05) is 23.5 Å². The van der Waals surface area contributed by atoms with E-state index < -0.39 is 0 Å². The molecule has 0 unspecified atom stereocenters. The van der Waals surface area contributed by atoms with E-state index in [2.05, 4.69) is 29.4 Å². The Morgan fingerprint density at radius 3 is 2.67 bits per heavy atom. The Morgan fingerprint density at radius 2 is 2.00 bits per heavy atom. The number of amides is 1. The standard InChI is InChI=1S/C17H20N4O2S/c1-10(2)15-19-20-17-21(15)11(3)14(24-17)16(23)18-9-8-12-4-6-13(22)7-5-12/h4-7,10,22H,8-9H2,1-3H3,(H,18,23). The van der Waals surface area contributed by atoms with Gasteiger partial charge in [0.15, 0.2) is 0 Å². The largest absolute Gasteiger partial charge is 0.508 e. The predicted molar refractivity (Wildman–Crippen MR) is 93.8 cm³/mol. The fraction of sp³-hybridized carbons (Fsp3) is 0.353. The van der Waals surface area contributed by atoms with Gasteiger partial charge in [0.05, 0.1) is 0 Å². The van der Waals surface area contributed by atoms with Crippen LogP contribution in [0.25, 0.3) is 4.96 Å². The lowest BCUT2D eigenvalue weighted by Crippen LogP contribution is -2.25.